The van der Waals surface area contributed by atoms with E-state index in [4.69, 9.17) is 9.99 Å². The monoisotopic (exact) mass is 500 g/mol. The Kier molecular flexibility index (Phi) is 11.6. The third-order valence-electron chi connectivity index (χ3n) is 5.20. The highest BCUT2D eigenvalue weighted by atomic mass is 32.2. The molecule has 0 unspecified atom stereocenters. The highest BCUT2D eigenvalue weighted by Gasteiger charge is 2.31. The van der Waals surface area contributed by atoms with Gasteiger partial charge in [-0.25, -0.2) is 27.2 Å². The molecule has 2 aromatic rings. The van der Waals surface area contributed by atoms with Crippen LogP contribution in [0, 0.1) is 34.9 Å². The van der Waals surface area contributed by atoms with Gasteiger partial charge in [0.05, 0.1) is 28.9 Å². The maximum Gasteiger partial charge on any atom is 0.202 e. The van der Waals surface area contributed by atoms with Crippen molar-refractivity contribution in [3.8, 4) is 5.75 Å². The zero-order valence-corrected chi connectivity index (χ0v) is 18.9. The van der Waals surface area contributed by atoms with Crippen molar-refractivity contribution in [2.45, 2.75) is 76.0 Å². The first-order valence-corrected chi connectivity index (χ1v) is 11.5. The molecular weight excluding hydrogens is 474 g/mol. The number of unbranched alkanes of at least 4 members (excludes halogenated alkanes) is 9. The molecule has 33 heavy (non-hydrogen) atoms. The van der Waals surface area contributed by atoms with Crippen LogP contribution in [0.5, 0.6) is 5.75 Å². The normalized spacial score (nSPS) is 11.5. The number of hydrogen-bond acceptors (Lipinski definition) is 5. The Bertz CT molecular complexity index is 928. The van der Waals surface area contributed by atoms with Gasteiger partial charge >= 0.3 is 0 Å². The van der Waals surface area contributed by atoms with E-state index in [-0.39, 0.29) is 18.6 Å². The lowest BCUT2D eigenvalue weighted by Crippen LogP contribution is -2.08. The largest absolute Gasteiger partial charge is 0.490 e. The van der Waals surface area contributed by atoms with E-state index in [2.05, 4.69) is 16.3 Å². The van der Waals surface area contributed by atoms with Gasteiger partial charge in [-0.2, -0.15) is 4.39 Å². The van der Waals surface area contributed by atoms with Gasteiger partial charge in [-0.05, 0) is 6.42 Å². The summed E-state index contributed by atoms with van der Waals surface area (Å²) in [6, 6.07) is 0. The Morgan fingerprint density at radius 2 is 1.15 bits per heavy atom. The molecule has 0 fully saturated rings. The van der Waals surface area contributed by atoms with E-state index in [0.29, 0.717) is 12.8 Å². The van der Waals surface area contributed by atoms with Crippen molar-refractivity contribution < 1.29 is 45.7 Å². The molecule has 186 valence electrons. The minimum atomic E-state index is -2.22. The highest BCUT2D eigenvalue weighted by molar-refractivity contribution is 7.94. The van der Waals surface area contributed by atoms with E-state index in [1.807, 2.05) is 0 Å². The molecule has 0 aliphatic heterocycles. The Balaban J connectivity index is 2.11. The van der Waals surface area contributed by atoms with Crippen LogP contribution >= 0.6 is 12.0 Å². The van der Waals surface area contributed by atoms with Crippen molar-refractivity contribution in [1.29, 1.82) is 0 Å². The molecule has 0 aromatic heterocycles. The molecule has 0 aliphatic rings. The van der Waals surface area contributed by atoms with Crippen LogP contribution in [0.25, 0.3) is 10.8 Å². The lowest BCUT2D eigenvalue weighted by Gasteiger charge is -2.16. The third-order valence-corrected chi connectivity index (χ3v) is 5.88. The van der Waals surface area contributed by atoms with Gasteiger partial charge in [0.25, 0.3) is 0 Å². The molecule has 0 bridgehead atoms. The summed E-state index contributed by atoms with van der Waals surface area (Å²) >= 11 is -0.256. The quantitative estimate of drug-likeness (QED) is 0.0506. The van der Waals surface area contributed by atoms with Crippen LogP contribution in [0.1, 0.15) is 71.1 Å². The Labute approximate surface area is 192 Å². The topological polar surface area (TPSA) is 47.9 Å². The van der Waals surface area contributed by atoms with Gasteiger partial charge in [0.15, 0.2) is 34.8 Å². The van der Waals surface area contributed by atoms with Gasteiger partial charge in [0.2, 0.25) is 5.82 Å². The number of fused-ring (bicyclic) bond motifs is 1. The Morgan fingerprint density at radius 3 is 1.70 bits per heavy atom. The summed E-state index contributed by atoms with van der Waals surface area (Å²) in [7, 11) is 0. The van der Waals surface area contributed by atoms with Gasteiger partial charge in [0, 0.05) is 5.39 Å². The Morgan fingerprint density at radius 1 is 0.636 bits per heavy atom. The minimum absolute atomic E-state index is 0.176. The lowest BCUT2D eigenvalue weighted by atomic mass is 10.1. The fraction of sp³-hybridized carbons (Fsp3) is 0.545. The fourth-order valence-electron chi connectivity index (χ4n) is 3.50. The minimum Gasteiger partial charge on any atom is -0.490 e. The number of hydrogen-bond donors (Lipinski definition) is 1. The average molecular weight is 501 g/mol. The second kappa shape index (κ2) is 13.9. The second-order valence-corrected chi connectivity index (χ2v) is 8.26. The standard InChI is InChI=1S/C22H26F6O4S/c1-2-3-4-5-6-7-8-9-10-11-12-30-21-13-14(16(24)18(26)17(25)15(13)23)22(33-32-31-29)20(28)19(21)27/h29H,2-12H2,1H3. The predicted octanol–water partition coefficient (Wildman–Crippen LogP) is 8.40. The van der Waals surface area contributed by atoms with E-state index < -0.39 is 56.3 Å². The van der Waals surface area contributed by atoms with E-state index in [0.717, 1.165) is 25.7 Å². The Hall–Kier alpha value is -1.69. The van der Waals surface area contributed by atoms with E-state index in [9.17, 15) is 26.3 Å². The number of ether oxygens (including phenoxy) is 1. The summed E-state index contributed by atoms with van der Waals surface area (Å²) in [5.41, 5.74) is 0. The van der Waals surface area contributed by atoms with Crippen LogP contribution in [-0.2, 0) is 9.37 Å². The molecule has 0 atom stereocenters. The highest BCUT2D eigenvalue weighted by Crippen LogP contribution is 2.43. The summed E-state index contributed by atoms with van der Waals surface area (Å²) < 4.78 is 94.6. The summed E-state index contributed by atoms with van der Waals surface area (Å²) in [4.78, 5) is -1.10. The van der Waals surface area contributed by atoms with Crippen LogP contribution in [0.2, 0.25) is 0 Å². The molecular formula is C22H26F6O4S. The molecule has 0 saturated carbocycles. The zero-order chi connectivity index (χ0) is 24.4. The van der Waals surface area contributed by atoms with Crippen LogP contribution < -0.4 is 4.74 Å². The SMILES string of the molecule is CCCCCCCCCCCCOc1c(F)c(F)c(SOOO)c2c(F)c(F)c(F)c(F)c12. The van der Waals surface area contributed by atoms with E-state index >= 15 is 0 Å². The summed E-state index contributed by atoms with van der Waals surface area (Å²) in [6.45, 7) is 1.98. The lowest BCUT2D eigenvalue weighted by molar-refractivity contribution is -0.432. The second-order valence-electron chi connectivity index (χ2n) is 7.55. The molecule has 0 saturated heterocycles. The summed E-state index contributed by atoms with van der Waals surface area (Å²) in [5, 5.41) is 9.20. The molecule has 0 spiro atoms. The number of halogens is 6. The molecule has 0 aliphatic carbocycles. The molecule has 4 nitrogen and oxygen atoms in total. The first-order chi connectivity index (χ1) is 15.9. The average Bonchev–Trinajstić information content (AvgIpc) is 2.81. The zero-order valence-electron chi connectivity index (χ0n) is 18.1. The van der Waals surface area contributed by atoms with Gasteiger partial charge in [0.1, 0.15) is 0 Å². The maximum absolute atomic E-state index is 14.6. The molecule has 11 heteroatoms. The van der Waals surface area contributed by atoms with Crippen molar-refractivity contribution in [2.24, 2.45) is 0 Å². The van der Waals surface area contributed by atoms with E-state index in [1.54, 1.807) is 0 Å². The summed E-state index contributed by atoms with van der Waals surface area (Å²) in [5.74, 6) is -13.0. The number of rotatable bonds is 15. The van der Waals surface area contributed by atoms with Gasteiger partial charge in [-0.15, -0.1) is 4.33 Å². The molecule has 2 aromatic carbocycles. The summed E-state index contributed by atoms with van der Waals surface area (Å²) in [6.07, 6.45) is 10.1. The van der Waals surface area contributed by atoms with Crippen LogP contribution in [0.4, 0.5) is 26.3 Å². The first kappa shape index (κ1) is 27.6. The molecule has 0 radical (unpaired) electrons. The van der Waals surface area contributed by atoms with Crippen LogP contribution in [0.15, 0.2) is 4.90 Å². The fourth-order valence-corrected chi connectivity index (χ4v) is 4.04. The van der Waals surface area contributed by atoms with Crippen LogP contribution in [0.3, 0.4) is 0 Å². The van der Waals surface area contributed by atoms with Crippen molar-refractivity contribution in [2.75, 3.05) is 6.61 Å². The first-order valence-electron chi connectivity index (χ1n) is 10.8. The van der Waals surface area contributed by atoms with E-state index in [1.165, 1.54) is 25.7 Å². The van der Waals surface area contributed by atoms with Gasteiger partial charge < -0.3 is 4.74 Å². The van der Waals surface area contributed by atoms with Gasteiger partial charge in [-0.1, -0.05) is 69.7 Å². The third kappa shape index (κ3) is 6.91. The van der Waals surface area contributed by atoms with Crippen LogP contribution in [-0.4, -0.2) is 11.9 Å². The van der Waals surface area contributed by atoms with Crippen molar-refractivity contribution in [3.05, 3.63) is 34.9 Å². The molecule has 0 amide bonds. The maximum atomic E-state index is 14.6. The van der Waals surface area contributed by atoms with Crippen molar-refractivity contribution in [3.63, 3.8) is 0 Å². The van der Waals surface area contributed by atoms with Crippen molar-refractivity contribution in [1.82, 2.24) is 0 Å². The number of benzene rings is 2. The predicted molar refractivity (Wildman–Crippen MR) is 112 cm³/mol. The van der Waals surface area contributed by atoms with Gasteiger partial charge in [-0.3, -0.25) is 0 Å². The molecule has 0 heterocycles. The molecule has 2 rings (SSSR count). The smallest absolute Gasteiger partial charge is 0.202 e. The van der Waals surface area contributed by atoms with Crippen molar-refractivity contribution >= 4 is 22.8 Å². The molecule has 1 N–H and O–H groups in total.